The first-order valence-corrected chi connectivity index (χ1v) is 11.8. The van der Waals surface area contributed by atoms with E-state index in [0.717, 1.165) is 37.9 Å². The van der Waals surface area contributed by atoms with Crippen molar-refractivity contribution >= 4 is 6.29 Å². The average Bonchev–Trinajstić information content (AvgIpc) is 3.04. The number of carbonyl (C=O) groups is 1. The number of aldehydes is 1. The van der Waals surface area contributed by atoms with Gasteiger partial charge in [0.25, 0.3) is 0 Å². The molecule has 1 aromatic rings. The smallest absolute Gasteiger partial charge is 0.127 e. The van der Waals surface area contributed by atoms with E-state index in [4.69, 9.17) is 4.74 Å². The summed E-state index contributed by atoms with van der Waals surface area (Å²) in [5.41, 5.74) is 2.32. The van der Waals surface area contributed by atoms with E-state index in [2.05, 4.69) is 32.0 Å². The zero-order chi connectivity index (χ0) is 20.6. The first-order chi connectivity index (χ1) is 14.0. The Balaban J connectivity index is 1.76. The average molecular weight is 399 g/mol. The van der Waals surface area contributed by atoms with Crippen molar-refractivity contribution in [1.29, 1.82) is 0 Å². The van der Waals surface area contributed by atoms with Crippen molar-refractivity contribution < 1.29 is 14.6 Å². The SMILES string of the molecule is CCCCCCC1C[C@]2(C)C(O)CC[C@H]2C2(C=O)CCc3cc(OC)ccc3[C@@H]12. The summed E-state index contributed by atoms with van der Waals surface area (Å²) in [5, 5.41) is 10.9. The number of rotatable bonds is 7. The Morgan fingerprint density at radius 2 is 2.07 bits per heavy atom. The Bertz CT molecular complexity index is 743. The van der Waals surface area contributed by atoms with Gasteiger partial charge in [0, 0.05) is 5.41 Å². The van der Waals surface area contributed by atoms with Gasteiger partial charge in [-0.1, -0.05) is 45.6 Å². The van der Waals surface area contributed by atoms with Crippen LogP contribution in [-0.2, 0) is 11.2 Å². The van der Waals surface area contributed by atoms with Crippen LogP contribution in [-0.4, -0.2) is 24.6 Å². The van der Waals surface area contributed by atoms with E-state index in [9.17, 15) is 9.90 Å². The molecule has 0 radical (unpaired) electrons. The molecule has 3 heteroatoms. The summed E-state index contributed by atoms with van der Waals surface area (Å²) in [6, 6.07) is 6.50. The molecule has 160 valence electrons. The van der Waals surface area contributed by atoms with E-state index in [0.29, 0.717) is 17.8 Å². The van der Waals surface area contributed by atoms with Gasteiger partial charge < -0.3 is 14.6 Å². The predicted octanol–water partition coefficient (Wildman–Crippen LogP) is 5.68. The van der Waals surface area contributed by atoms with Crippen LogP contribution in [0, 0.1) is 22.7 Å². The highest BCUT2D eigenvalue weighted by Gasteiger charge is 2.64. The van der Waals surface area contributed by atoms with E-state index in [1.54, 1.807) is 7.11 Å². The van der Waals surface area contributed by atoms with Crippen molar-refractivity contribution in [3.05, 3.63) is 29.3 Å². The molecular weight excluding hydrogens is 360 g/mol. The van der Waals surface area contributed by atoms with Gasteiger partial charge in [-0.25, -0.2) is 0 Å². The zero-order valence-electron chi connectivity index (χ0n) is 18.5. The van der Waals surface area contributed by atoms with Crippen LogP contribution < -0.4 is 4.74 Å². The van der Waals surface area contributed by atoms with Gasteiger partial charge in [0.1, 0.15) is 12.0 Å². The summed E-state index contributed by atoms with van der Waals surface area (Å²) < 4.78 is 5.48. The van der Waals surface area contributed by atoms with Crippen LogP contribution in [0.25, 0.3) is 0 Å². The van der Waals surface area contributed by atoms with Crippen molar-refractivity contribution in [2.45, 2.75) is 90.1 Å². The second-order valence-electron chi connectivity index (χ2n) is 10.2. The number of benzene rings is 1. The molecule has 0 aliphatic heterocycles. The molecule has 0 saturated heterocycles. The van der Waals surface area contributed by atoms with Crippen molar-refractivity contribution in [2.75, 3.05) is 7.11 Å². The van der Waals surface area contributed by atoms with Gasteiger partial charge >= 0.3 is 0 Å². The number of aliphatic hydroxyl groups is 1. The molecule has 1 aromatic carbocycles. The van der Waals surface area contributed by atoms with Crippen LogP contribution in [0.4, 0.5) is 0 Å². The lowest BCUT2D eigenvalue weighted by Crippen LogP contribution is -2.55. The van der Waals surface area contributed by atoms with E-state index in [1.165, 1.54) is 49.5 Å². The Hall–Kier alpha value is -1.35. The number of fused-ring (bicyclic) bond motifs is 5. The third-order valence-electron chi connectivity index (χ3n) is 8.85. The van der Waals surface area contributed by atoms with Gasteiger partial charge in [0.2, 0.25) is 0 Å². The summed E-state index contributed by atoms with van der Waals surface area (Å²) in [5.74, 6) is 1.98. The van der Waals surface area contributed by atoms with E-state index < -0.39 is 0 Å². The number of carbonyl (C=O) groups excluding carboxylic acids is 1. The van der Waals surface area contributed by atoms with E-state index in [1.807, 2.05) is 0 Å². The molecule has 3 aliphatic rings. The van der Waals surface area contributed by atoms with Crippen LogP contribution in [0.3, 0.4) is 0 Å². The zero-order valence-corrected chi connectivity index (χ0v) is 18.5. The van der Waals surface area contributed by atoms with Crippen LogP contribution >= 0.6 is 0 Å². The van der Waals surface area contributed by atoms with Crippen molar-refractivity contribution in [3.63, 3.8) is 0 Å². The fourth-order valence-corrected chi connectivity index (χ4v) is 7.49. The fourth-order valence-electron chi connectivity index (χ4n) is 7.49. The minimum Gasteiger partial charge on any atom is -0.497 e. The van der Waals surface area contributed by atoms with Crippen molar-refractivity contribution in [2.24, 2.45) is 22.7 Å². The molecule has 3 nitrogen and oxygen atoms in total. The second-order valence-corrected chi connectivity index (χ2v) is 10.2. The van der Waals surface area contributed by atoms with Crippen LogP contribution in [0.5, 0.6) is 5.75 Å². The Morgan fingerprint density at radius 3 is 2.79 bits per heavy atom. The standard InChI is InChI=1S/C26H38O3/c1-4-5-6-7-8-19-16-25(2)22(11-12-23(25)28)26(17-27)14-13-18-15-20(29-3)9-10-21(18)24(19)26/h9-10,15,17,19,22-24,28H,4-8,11-14,16H2,1-3H3/t19?,22-,23?,24-,25+,26?/m1/s1. The minimum absolute atomic E-state index is 0.114. The maximum absolute atomic E-state index is 12.9. The highest BCUT2D eigenvalue weighted by Crippen LogP contribution is 2.68. The molecular formula is C26H38O3. The highest BCUT2D eigenvalue weighted by atomic mass is 16.5. The first kappa shape index (κ1) is 20.9. The van der Waals surface area contributed by atoms with Gasteiger partial charge in [0.15, 0.2) is 0 Å². The molecule has 3 aliphatic carbocycles. The molecule has 0 spiro atoms. The molecule has 29 heavy (non-hydrogen) atoms. The normalized spacial score (nSPS) is 38.1. The monoisotopic (exact) mass is 398 g/mol. The third kappa shape index (κ3) is 3.24. The Labute approximate surface area is 176 Å². The quantitative estimate of drug-likeness (QED) is 0.475. The largest absolute Gasteiger partial charge is 0.497 e. The van der Waals surface area contributed by atoms with Gasteiger partial charge in [-0.05, 0) is 85.0 Å². The fraction of sp³-hybridized carbons (Fsp3) is 0.731. The number of hydrogen-bond acceptors (Lipinski definition) is 3. The van der Waals surface area contributed by atoms with Crippen LogP contribution in [0.1, 0.15) is 88.7 Å². The summed E-state index contributed by atoms with van der Waals surface area (Å²) in [6.45, 7) is 4.53. The maximum Gasteiger partial charge on any atom is 0.127 e. The van der Waals surface area contributed by atoms with E-state index >= 15 is 0 Å². The molecule has 2 fully saturated rings. The summed E-state index contributed by atoms with van der Waals surface area (Å²) in [6.07, 6.45) is 12.0. The topological polar surface area (TPSA) is 46.5 Å². The van der Waals surface area contributed by atoms with Gasteiger partial charge in [-0.3, -0.25) is 0 Å². The van der Waals surface area contributed by atoms with Crippen LogP contribution in [0.15, 0.2) is 18.2 Å². The number of methoxy groups -OCH3 is 1. The molecule has 2 saturated carbocycles. The van der Waals surface area contributed by atoms with Gasteiger partial charge in [-0.2, -0.15) is 0 Å². The maximum atomic E-state index is 12.9. The number of unbranched alkanes of at least 4 members (excludes halogenated alkanes) is 3. The number of hydrogen-bond donors (Lipinski definition) is 1. The molecule has 0 heterocycles. The van der Waals surface area contributed by atoms with Crippen LogP contribution in [0.2, 0.25) is 0 Å². The molecule has 1 N–H and O–H groups in total. The summed E-state index contributed by atoms with van der Waals surface area (Å²) in [7, 11) is 1.72. The molecule has 0 bridgehead atoms. The molecule has 0 amide bonds. The Kier molecular flexibility index (Phi) is 5.81. The van der Waals surface area contributed by atoms with Crippen molar-refractivity contribution in [3.8, 4) is 5.75 Å². The second kappa shape index (κ2) is 8.06. The third-order valence-corrected chi connectivity index (χ3v) is 8.85. The van der Waals surface area contributed by atoms with E-state index in [-0.39, 0.29) is 16.9 Å². The molecule has 3 unspecified atom stereocenters. The molecule has 0 aromatic heterocycles. The molecule has 4 rings (SSSR count). The number of ether oxygens (including phenoxy) is 1. The summed E-state index contributed by atoms with van der Waals surface area (Å²) in [4.78, 5) is 12.9. The minimum atomic E-state index is -0.318. The number of aliphatic hydroxyl groups excluding tert-OH is 1. The Morgan fingerprint density at radius 1 is 1.24 bits per heavy atom. The predicted molar refractivity (Wildman–Crippen MR) is 116 cm³/mol. The number of aryl methyl sites for hydroxylation is 1. The molecule has 6 atom stereocenters. The highest BCUT2D eigenvalue weighted by molar-refractivity contribution is 5.66. The van der Waals surface area contributed by atoms with Gasteiger partial charge in [0.05, 0.1) is 13.2 Å². The lowest BCUT2D eigenvalue weighted by molar-refractivity contribution is -0.140. The lowest BCUT2D eigenvalue weighted by Gasteiger charge is -2.59. The van der Waals surface area contributed by atoms with Gasteiger partial charge in [-0.15, -0.1) is 0 Å². The first-order valence-electron chi connectivity index (χ1n) is 11.8. The van der Waals surface area contributed by atoms with Crippen molar-refractivity contribution in [1.82, 2.24) is 0 Å². The summed E-state index contributed by atoms with van der Waals surface area (Å²) >= 11 is 0. The lowest BCUT2D eigenvalue weighted by atomic mass is 9.44.